The van der Waals surface area contributed by atoms with Gasteiger partial charge in [0.05, 0.1) is 0 Å². The van der Waals surface area contributed by atoms with Crippen molar-refractivity contribution in [3.63, 3.8) is 0 Å². The second kappa shape index (κ2) is 8.00. The number of carbonyl (C=O) groups is 1. The van der Waals surface area contributed by atoms with Gasteiger partial charge in [-0.25, -0.2) is 23.7 Å². The van der Waals surface area contributed by atoms with E-state index in [0.717, 1.165) is 41.1 Å². The fraction of sp³-hybridized carbons (Fsp3) is 0.375. The van der Waals surface area contributed by atoms with Gasteiger partial charge in [0.25, 0.3) is 0 Å². The first-order chi connectivity index (χ1) is 15.4. The molecule has 6 nitrogen and oxygen atoms in total. The third-order valence-corrected chi connectivity index (χ3v) is 6.07. The Balaban J connectivity index is 1.33. The topological polar surface area (TPSA) is 80.7 Å². The maximum atomic E-state index is 13.1. The van der Waals surface area contributed by atoms with E-state index < -0.39 is 11.8 Å². The van der Waals surface area contributed by atoms with Crippen LogP contribution in [0.1, 0.15) is 48.7 Å². The minimum atomic E-state index is -2.70. The number of ketones is 1. The number of alkyl halides is 2. The summed E-state index contributed by atoms with van der Waals surface area (Å²) in [4.78, 5) is 30.1. The van der Waals surface area contributed by atoms with Gasteiger partial charge in [-0.15, -0.1) is 0 Å². The lowest BCUT2D eigenvalue weighted by atomic mass is 9.77. The van der Waals surface area contributed by atoms with Gasteiger partial charge in [-0.1, -0.05) is 0 Å². The van der Waals surface area contributed by atoms with Crippen LogP contribution in [0.25, 0.3) is 11.1 Å². The van der Waals surface area contributed by atoms with E-state index >= 15 is 0 Å². The molecule has 164 valence electrons. The molecule has 5 rings (SSSR count). The van der Waals surface area contributed by atoms with Gasteiger partial charge in [0, 0.05) is 60.9 Å². The number of nitrogens with one attached hydrogen (secondary N) is 1. The predicted molar refractivity (Wildman–Crippen MR) is 116 cm³/mol. The second-order valence-electron chi connectivity index (χ2n) is 8.70. The van der Waals surface area contributed by atoms with Crippen LogP contribution in [0.2, 0.25) is 0 Å². The van der Waals surface area contributed by atoms with Crippen LogP contribution >= 0.6 is 0 Å². The number of aryl methyl sites for hydroxylation is 1. The number of pyridine rings is 2. The van der Waals surface area contributed by atoms with Crippen LogP contribution in [-0.4, -0.2) is 31.6 Å². The van der Waals surface area contributed by atoms with Crippen molar-refractivity contribution in [1.29, 1.82) is 0 Å². The van der Waals surface area contributed by atoms with Crippen molar-refractivity contribution >= 4 is 17.4 Å². The molecule has 0 spiro atoms. The number of hydrogen-bond acceptors (Lipinski definition) is 6. The van der Waals surface area contributed by atoms with E-state index in [1.54, 1.807) is 24.7 Å². The molecular weight excluding hydrogens is 412 g/mol. The molecule has 0 amide bonds. The van der Waals surface area contributed by atoms with Gasteiger partial charge < -0.3 is 5.32 Å². The van der Waals surface area contributed by atoms with Crippen LogP contribution in [0, 0.1) is 12.8 Å². The summed E-state index contributed by atoms with van der Waals surface area (Å²) in [5.74, 6) is -0.758. The quantitative estimate of drug-likeness (QED) is 0.561. The number of nitrogens with zero attached hydrogens (tertiary/aromatic N) is 4. The van der Waals surface area contributed by atoms with Crippen molar-refractivity contribution < 1.29 is 13.6 Å². The van der Waals surface area contributed by atoms with Gasteiger partial charge in [0.15, 0.2) is 0 Å². The summed E-state index contributed by atoms with van der Waals surface area (Å²) < 4.78 is 26.3. The lowest BCUT2D eigenvalue weighted by Gasteiger charge is -2.33. The van der Waals surface area contributed by atoms with E-state index in [4.69, 9.17) is 0 Å². The van der Waals surface area contributed by atoms with Crippen molar-refractivity contribution in [3.8, 4) is 11.1 Å². The Bertz CT molecular complexity index is 1170. The lowest BCUT2D eigenvalue weighted by Crippen LogP contribution is -2.40. The molecule has 1 N–H and O–H groups in total. The molecule has 2 fully saturated rings. The van der Waals surface area contributed by atoms with Crippen molar-refractivity contribution in [3.05, 3.63) is 59.9 Å². The van der Waals surface area contributed by atoms with Crippen LogP contribution in [0.4, 0.5) is 20.4 Å². The molecule has 0 radical (unpaired) electrons. The standard InChI is InChI=1S/C24H23F2N5O/c1-14-17(9-20(32)19-11-24(25,26)12-19)8-18(13-29-14)16-4-6-27-22(10-16)30-21-5-7-28-23(31-21)15-2-3-15/h4-8,10,13,15,19H,2-3,9,11-12H2,1H3,(H,27,28,30,31). The Morgan fingerprint density at radius 1 is 1.06 bits per heavy atom. The first kappa shape index (κ1) is 20.6. The Hall–Kier alpha value is -3.29. The lowest BCUT2D eigenvalue weighted by molar-refractivity contribution is -0.147. The molecule has 3 heterocycles. The highest BCUT2D eigenvalue weighted by atomic mass is 19.3. The SMILES string of the molecule is Cc1ncc(-c2ccnc(Nc3ccnc(C4CC4)n3)c2)cc1CC(=O)C1CC(F)(F)C1. The molecule has 0 aromatic carbocycles. The minimum absolute atomic E-state index is 0.120. The van der Waals surface area contributed by atoms with E-state index in [2.05, 4.69) is 25.3 Å². The first-order valence-electron chi connectivity index (χ1n) is 10.8. The summed E-state index contributed by atoms with van der Waals surface area (Å²) in [6.45, 7) is 1.83. The summed E-state index contributed by atoms with van der Waals surface area (Å²) in [5.41, 5.74) is 3.22. The highest BCUT2D eigenvalue weighted by Crippen LogP contribution is 2.43. The normalized spacial score (nSPS) is 17.6. The van der Waals surface area contributed by atoms with E-state index in [1.165, 1.54) is 0 Å². The zero-order valence-corrected chi connectivity index (χ0v) is 17.7. The van der Waals surface area contributed by atoms with Gasteiger partial charge in [-0.05, 0) is 55.2 Å². The van der Waals surface area contributed by atoms with Gasteiger partial charge >= 0.3 is 0 Å². The van der Waals surface area contributed by atoms with Crippen molar-refractivity contribution in [1.82, 2.24) is 19.9 Å². The Morgan fingerprint density at radius 2 is 1.84 bits per heavy atom. The van der Waals surface area contributed by atoms with Gasteiger partial charge in [0.2, 0.25) is 5.92 Å². The summed E-state index contributed by atoms with van der Waals surface area (Å²) in [5, 5.41) is 3.23. The fourth-order valence-corrected chi connectivity index (χ4v) is 3.93. The zero-order chi connectivity index (χ0) is 22.3. The van der Waals surface area contributed by atoms with Crippen LogP contribution in [-0.2, 0) is 11.2 Å². The van der Waals surface area contributed by atoms with Crippen LogP contribution in [0.3, 0.4) is 0 Å². The molecule has 0 atom stereocenters. The molecule has 8 heteroatoms. The number of halogens is 2. The Labute approximate surface area is 184 Å². The van der Waals surface area contributed by atoms with Crippen molar-refractivity contribution in [2.75, 3.05) is 5.32 Å². The number of anilines is 2. The molecular formula is C24H23F2N5O. The van der Waals surface area contributed by atoms with Crippen molar-refractivity contribution in [2.45, 2.75) is 50.9 Å². The monoisotopic (exact) mass is 435 g/mol. The third-order valence-electron chi connectivity index (χ3n) is 6.07. The average Bonchev–Trinajstić information content (AvgIpc) is 3.59. The van der Waals surface area contributed by atoms with Crippen molar-refractivity contribution in [2.24, 2.45) is 5.92 Å². The number of carbonyl (C=O) groups excluding carboxylic acids is 1. The molecule has 32 heavy (non-hydrogen) atoms. The summed E-state index contributed by atoms with van der Waals surface area (Å²) >= 11 is 0. The first-order valence-corrected chi connectivity index (χ1v) is 10.8. The fourth-order valence-electron chi connectivity index (χ4n) is 3.93. The number of rotatable bonds is 7. The van der Waals surface area contributed by atoms with Gasteiger partial charge in [-0.3, -0.25) is 9.78 Å². The molecule has 0 bridgehead atoms. The summed E-state index contributed by atoms with van der Waals surface area (Å²) in [6, 6.07) is 7.47. The summed E-state index contributed by atoms with van der Waals surface area (Å²) in [7, 11) is 0. The maximum absolute atomic E-state index is 13.1. The highest BCUT2D eigenvalue weighted by Gasteiger charge is 2.48. The molecule has 2 aliphatic carbocycles. The smallest absolute Gasteiger partial charge is 0.249 e. The molecule has 2 aliphatic rings. The van der Waals surface area contributed by atoms with E-state index in [9.17, 15) is 13.6 Å². The molecule has 0 saturated heterocycles. The molecule has 0 aliphatic heterocycles. The third kappa shape index (κ3) is 4.49. The molecule has 0 unspecified atom stereocenters. The number of Topliss-reactive ketones (excluding diaryl/α,β-unsaturated/α-hetero) is 1. The van der Waals surface area contributed by atoms with Gasteiger partial charge in [-0.2, -0.15) is 0 Å². The minimum Gasteiger partial charge on any atom is -0.325 e. The number of aromatic nitrogens is 4. The molecule has 3 aromatic rings. The van der Waals surface area contributed by atoms with Crippen LogP contribution in [0.15, 0.2) is 42.9 Å². The van der Waals surface area contributed by atoms with Gasteiger partial charge in [0.1, 0.15) is 23.2 Å². The highest BCUT2D eigenvalue weighted by molar-refractivity contribution is 5.85. The van der Waals surface area contributed by atoms with Crippen LogP contribution in [0.5, 0.6) is 0 Å². The predicted octanol–water partition coefficient (Wildman–Crippen LogP) is 5.02. The van der Waals surface area contributed by atoms with E-state index in [1.807, 2.05) is 25.1 Å². The second-order valence-corrected chi connectivity index (χ2v) is 8.70. The summed E-state index contributed by atoms with van der Waals surface area (Å²) in [6.07, 6.45) is 6.88. The molecule has 3 aromatic heterocycles. The van der Waals surface area contributed by atoms with E-state index in [0.29, 0.717) is 17.6 Å². The van der Waals surface area contributed by atoms with Crippen LogP contribution < -0.4 is 5.32 Å². The average molecular weight is 435 g/mol. The largest absolute Gasteiger partial charge is 0.325 e. The Morgan fingerprint density at radius 3 is 2.59 bits per heavy atom. The number of hydrogen-bond donors (Lipinski definition) is 1. The molecule has 2 saturated carbocycles. The maximum Gasteiger partial charge on any atom is 0.249 e. The Kier molecular flexibility index (Phi) is 5.15. The zero-order valence-electron chi connectivity index (χ0n) is 17.7. The van der Waals surface area contributed by atoms with E-state index in [-0.39, 0.29) is 25.0 Å².